The molecule has 6 heteroatoms. The summed E-state index contributed by atoms with van der Waals surface area (Å²) in [5.74, 6) is 2.84. The summed E-state index contributed by atoms with van der Waals surface area (Å²) >= 11 is 7.75. The molecule has 0 fully saturated rings. The maximum atomic E-state index is 7.44. The maximum absolute atomic E-state index is 7.44. The number of thiophene rings is 1. The Morgan fingerprint density at radius 3 is 3.22 bits per heavy atom. The second-order valence-electron chi connectivity index (χ2n) is 4.96. The van der Waals surface area contributed by atoms with E-state index in [2.05, 4.69) is 16.2 Å². The fourth-order valence-electron chi connectivity index (χ4n) is 2.30. The molecule has 0 bridgehead atoms. The number of pyridine rings is 1. The van der Waals surface area contributed by atoms with Gasteiger partial charge in [0.15, 0.2) is 5.58 Å². The van der Waals surface area contributed by atoms with Crippen molar-refractivity contribution in [3.05, 3.63) is 44.9 Å². The lowest BCUT2D eigenvalue weighted by molar-refractivity contribution is 0.524. The summed E-state index contributed by atoms with van der Waals surface area (Å²) in [5.41, 5.74) is 7.64. The van der Waals surface area contributed by atoms with Crippen molar-refractivity contribution in [3.63, 3.8) is 0 Å². The molecule has 3 aromatic heterocycles. The molecule has 0 aromatic carbocycles. The van der Waals surface area contributed by atoms with E-state index in [0.717, 1.165) is 4.88 Å². The summed E-state index contributed by atoms with van der Waals surface area (Å²) in [5, 5.41) is 5.51. The van der Waals surface area contributed by atoms with Gasteiger partial charge in [-0.2, -0.15) is 0 Å². The van der Waals surface area contributed by atoms with Crippen LogP contribution < -0.4 is 11.1 Å². The van der Waals surface area contributed by atoms with Crippen LogP contribution in [0, 0.1) is 12.3 Å². The van der Waals surface area contributed by atoms with E-state index in [1.807, 2.05) is 17.5 Å². The van der Waals surface area contributed by atoms with Crippen LogP contribution in [0.15, 0.2) is 28.0 Å². The first kappa shape index (κ1) is 12.4. The molecule has 0 unspecified atom stereocenters. The minimum absolute atomic E-state index is 0.0195. The van der Waals surface area contributed by atoms with Crippen LogP contribution in [-0.4, -0.2) is 11.0 Å². The highest BCUT2D eigenvalue weighted by Crippen LogP contribution is 2.32. The summed E-state index contributed by atoms with van der Waals surface area (Å²) in [4.78, 5) is 5.39. The minimum Gasteiger partial charge on any atom is -0.456 e. The molecule has 0 aliphatic heterocycles. The Hall–Kier alpha value is -2.00. The summed E-state index contributed by atoms with van der Waals surface area (Å²) in [6.45, 7) is -1.72. The topological polar surface area (TPSA) is 64.1 Å². The summed E-state index contributed by atoms with van der Waals surface area (Å²) < 4.78 is 28.2. The van der Waals surface area contributed by atoms with Crippen molar-refractivity contribution in [1.29, 1.82) is 0 Å². The number of hydrogen-bond donors (Lipinski definition) is 2. The standard InChI is InChI=1S/C17H16ClN3OS/c1-3-12-14(7-10(2)19)22-17-13(8-15(18)21-16(12)17)20-9-11-5-4-6-23-11/h1,4-6,8,10H,7,9,19H2,2H3,(H,20,21)/t10-/m1/s1/i2D3. The van der Waals surface area contributed by atoms with E-state index in [1.165, 1.54) is 0 Å². The number of nitrogens with zero attached hydrogens (tertiary/aromatic N) is 1. The van der Waals surface area contributed by atoms with Crippen LogP contribution >= 0.6 is 22.9 Å². The largest absolute Gasteiger partial charge is 0.456 e. The number of rotatable bonds is 5. The van der Waals surface area contributed by atoms with Crippen molar-refractivity contribution in [2.75, 3.05) is 5.32 Å². The van der Waals surface area contributed by atoms with Gasteiger partial charge in [0.05, 0.1) is 11.3 Å². The van der Waals surface area contributed by atoms with Crippen molar-refractivity contribution < 1.29 is 8.53 Å². The zero-order valence-electron chi connectivity index (χ0n) is 15.1. The molecule has 0 spiro atoms. The van der Waals surface area contributed by atoms with Gasteiger partial charge in [-0.05, 0) is 18.3 Å². The van der Waals surface area contributed by atoms with E-state index in [1.54, 1.807) is 17.4 Å². The number of fused-ring (bicyclic) bond motifs is 1. The molecule has 118 valence electrons. The number of aromatic nitrogens is 1. The quantitative estimate of drug-likeness (QED) is 0.540. The van der Waals surface area contributed by atoms with Crippen LogP contribution in [0.5, 0.6) is 0 Å². The average Bonchev–Trinajstić information content (AvgIpc) is 3.19. The minimum atomic E-state index is -2.31. The molecule has 0 radical (unpaired) electrons. The van der Waals surface area contributed by atoms with Gasteiger partial charge in [0, 0.05) is 34.1 Å². The Labute approximate surface area is 147 Å². The normalized spacial score (nSPS) is 14.7. The third-order valence-electron chi connectivity index (χ3n) is 3.27. The van der Waals surface area contributed by atoms with Gasteiger partial charge in [-0.1, -0.05) is 23.6 Å². The van der Waals surface area contributed by atoms with Gasteiger partial charge in [-0.3, -0.25) is 0 Å². The predicted molar refractivity (Wildman–Crippen MR) is 96.0 cm³/mol. The van der Waals surface area contributed by atoms with Gasteiger partial charge >= 0.3 is 0 Å². The second-order valence-corrected chi connectivity index (χ2v) is 6.38. The summed E-state index contributed by atoms with van der Waals surface area (Å²) in [6.07, 6.45) is 5.58. The Kier molecular flexibility index (Phi) is 3.58. The maximum Gasteiger partial charge on any atom is 0.177 e. The molecular weight excluding hydrogens is 330 g/mol. The predicted octanol–water partition coefficient (Wildman–Crippen LogP) is 4.03. The van der Waals surface area contributed by atoms with Crippen molar-refractivity contribution in [3.8, 4) is 12.3 Å². The van der Waals surface area contributed by atoms with E-state index in [9.17, 15) is 0 Å². The van der Waals surface area contributed by atoms with Gasteiger partial charge in [0.1, 0.15) is 16.4 Å². The first-order chi connectivity index (χ1) is 12.3. The van der Waals surface area contributed by atoms with Gasteiger partial charge in [0.25, 0.3) is 0 Å². The highest BCUT2D eigenvalue weighted by molar-refractivity contribution is 7.09. The van der Waals surface area contributed by atoms with Crippen LogP contribution in [0.3, 0.4) is 0 Å². The van der Waals surface area contributed by atoms with E-state index >= 15 is 0 Å². The molecule has 4 nitrogen and oxygen atoms in total. The van der Waals surface area contributed by atoms with Crippen molar-refractivity contribution in [2.24, 2.45) is 5.73 Å². The molecule has 1 atom stereocenters. The first-order valence-electron chi connectivity index (χ1n) is 8.40. The number of terminal acetylenes is 1. The smallest absolute Gasteiger partial charge is 0.177 e. The molecule has 3 rings (SSSR count). The highest BCUT2D eigenvalue weighted by atomic mass is 35.5. The van der Waals surface area contributed by atoms with Crippen LogP contribution in [0.4, 0.5) is 5.69 Å². The second kappa shape index (κ2) is 6.63. The lowest BCUT2D eigenvalue weighted by Crippen LogP contribution is -2.17. The zero-order chi connectivity index (χ0) is 18.9. The number of anilines is 1. The molecule has 0 saturated heterocycles. The van der Waals surface area contributed by atoms with Gasteiger partial charge in [0.2, 0.25) is 0 Å². The molecule has 3 aromatic rings. The van der Waals surface area contributed by atoms with Crippen LogP contribution in [0.25, 0.3) is 11.1 Å². The van der Waals surface area contributed by atoms with Gasteiger partial charge in [-0.25, -0.2) is 4.98 Å². The fraction of sp³-hybridized carbons (Fsp3) is 0.235. The first-order valence-corrected chi connectivity index (χ1v) is 8.15. The third-order valence-corrected chi connectivity index (χ3v) is 4.34. The molecule has 23 heavy (non-hydrogen) atoms. The molecule has 0 amide bonds. The van der Waals surface area contributed by atoms with Crippen LogP contribution in [0.2, 0.25) is 5.15 Å². The number of furan rings is 1. The lowest BCUT2D eigenvalue weighted by Gasteiger charge is -2.06. The van der Waals surface area contributed by atoms with E-state index in [4.69, 9.17) is 32.3 Å². The number of nitrogens with two attached hydrogens (primary N) is 1. The van der Waals surface area contributed by atoms with Crippen molar-refractivity contribution in [2.45, 2.75) is 25.9 Å². The lowest BCUT2D eigenvalue weighted by atomic mass is 10.1. The van der Waals surface area contributed by atoms with Crippen LogP contribution in [0.1, 0.15) is 27.2 Å². The van der Waals surface area contributed by atoms with Crippen molar-refractivity contribution >= 4 is 39.7 Å². The molecular formula is C17H16ClN3OS. The van der Waals surface area contributed by atoms with E-state index in [-0.39, 0.29) is 11.6 Å². The van der Waals surface area contributed by atoms with Crippen LogP contribution in [-0.2, 0) is 13.0 Å². The molecule has 0 aliphatic carbocycles. The molecule has 0 saturated carbocycles. The van der Waals surface area contributed by atoms with E-state index < -0.39 is 12.9 Å². The fourth-order valence-corrected chi connectivity index (χ4v) is 3.14. The number of hydrogen-bond acceptors (Lipinski definition) is 5. The van der Waals surface area contributed by atoms with Crippen molar-refractivity contribution in [1.82, 2.24) is 4.98 Å². The Morgan fingerprint density at radius 1 is 1.65 bits per heavy atom. The Balaban J connectivity index is 2.00. The molecule has 3 N–H and O–H groups in total. The Morgan fingerprint density at radius 2 is 2.52 bits per heavy atom. The highest BCUT2D eigenvalue weighted by Gasteiger charge is 2.19. The Bertz CT molecular complexity index is 960. The average molecular weight is 349 g/mol. The summed E-state index contributed by atoms with van der Waals surface area (Å²) in [7, 11) is 0. The zero-order valence-corrected chi connectivity index (χ0v) is 13.7. The SMILES string of the molecule is [2H]C([2H])([2H])[C@@H](N)Cc1oc2c(NCc3cccs3)cc(Cl)nc2c1C#C. The van der Waals surface area contributed by atoms with E-state index in [0.29, 0.717) is 34.7 Å². The number of nitrogens with one attached hydrogen (secondary N) is 1. The van der Waals surface area contributed by atoms with Gasteiger partial charge < -0.3 is 15.5 Å². The van der Waals surface area contributed by atoms with Gasteiger partial charge in [-0.15, -0.1) is 17.8 Å². The molecule has 3 heterocycles. The molecule has 0 aliphatic rings. The summed E-state index contributed by atoms with van der Waals surface area (Å²) in [6, 6.07) is 4.53. The number of halogens is 1. The third kappa shape index (κ3) is 3.35. The monoisotopic (exact) mass is 348 g/mol.